The highest BCUT2D eigenvalue weighted by molar-refractivity contribution is 5.88. The number of carbonyl (C=O) groups is 1. The van der Waals surface area contributed by atoms with Gasteiger partial charge in [0.15, 0.2) is 0 Å². The summed E-state index contributed by atoms with van der Waals surface area (Å²) in [6.45, 7) is 3.04. The first-order valence-corrected chi connectivity index (χ1v) is 5.32. The third kappa shape index (κ3) is 1.88. The van der Waals surface area contributed by atoms with Crippen LogP contribution in [0.1, 0.15) is 40.9 Å². The van der Waals surface area contributed by atoms with Gasteiger partial charge in [-0.3, -0.25) is 0 Å². The number of carboxylic acids is 1. The molecule has 2 rings (SSSR count). The van der Waals surface area contributed by atoms with Crippen molar-refractivity contribution < 1.29 is 9.90 Å². The van der Waals surface area contributed by atoms with Gasteiger partial charge in [-0.1, -0.05) is 13.0 Å². The van der Waals surface area contributed by atoms with Gasteiger partial charge in [0.05, 0.1) is 5.56 Å². The van der Waals surface area contributed by atoms with E-state index in [-0.39, 0.29) is 0 Å². The van der Waals surface area contributed by atoms with E-state index in [2.05, 4.69) is 12.2 Å². The molecule has 3 nitrogen and oxygen atoms in total. The number of rotatable bonds is 3. The van der Waals surface area contributed by atoms with Crippen molar-refractivity contribution in [2.75, 3.05) is 6.54 Å². The molecule has 0 saturated carbocycles. The molecule has 15 heavy (non-hydrogen) atoms. The first kappa shape index (κ1) is 10.2. The van der Waals surface area contributed by atoms with Crippen LogP contribution in [0.15, 0.2) is 18.2 Å². The quantitative estimate of drug-likeness (QED) is 0.793. The molecule has 1 aromatic rings. The highest BCUT2D eigenvalue weighted by Crippen LogP contribution is 2.31. The third-order valence-corrected chi connectivity index (χ3v) is 2.92. The fourth-order valence-electron chi connectivity index (χ4n) is 2.21. The molecule has 1 unspecified atom stereocenters. The Kier molecular flexibility index (Phi) is 2.73. The van der Waals surface area contributed by atoms with Crippen molar-refractivity contribution in [3.05, 3.63) is 34.9 Å². The smallest absolute Gasteiger partial charge is 0.335 e. The van der Waals surface area contributed by atoms with Crippen LogP contribution < -0.4 is 5.32 Å². The molecule has 0 aromatic heterocycles. The Morgan fingerprint density at radius 3 is 3.07 bits per heavy atom. The Bertz CT molecular complexity index is 387. The van der Waals surface area contributed by atoms with E-state index < -0.39 is 5.97 Å². The fraction of sp³-hybridized carbons (Fsp3) is 0.417. The van der Waals surface area contributed by atoms with Crippen LogP contribution in [0.3, 0.4) is 0 Å². The van der Waals surface area contributed by atoms with Crippen molar-refractivity contribution in [3.8, 4) is 0 Å². The lowest BCUT2D eigenvalue weighted by molar-refractivity contribution is 0.0697. The molecule has 1 aliphatic rings. The maximum absolute atomic E-state index is 10.8. The summed E-state index contributed by atoms with van der Waals surface area (Å²) in [6, 6.07) is 5.85. The van der Waals surface area contributed by atoms with Crippen LogP contribution in [0, 0.1) is 0 Å². The summed E-state index contributed by atoms with van der Waals surface area (Å²) < 4.78 is 0. The molecule has 1 aromatic carbocycles. The summed E-state index contributed by atoms with van der Waals surface area (Å²) in [5.74, 6) is -0.843. The molecule has 0 radical (unpaired) electrons. The highest BCUT2D eigenvalue weighted by Gasteiger charge is 2.22. The summed E-state index contributed by atoms with van der Waals surface area (Å²) in [4.78, 5) is 10.8. The summed E-state index contributed by atoms with van der Waals surface area (Å²) >= 11 is 0. The zero-order valence-corrected chi connectivity index (χ0v) is 8.79. The molecular formula is C12H15NO2. The van der Waals surface area contributed by atoms with Crippen LogP contribution in [-0.2, 0) is 6.42 Å². The van der Waals surface area contributed by atoms with E-state index >= 15 is 0 Å². The van der Waals surface area contributed by atoms with Gasteiger partial charge in [0, 0.05) is 6.04 Å². The van der Waals surface area contributed by atoms with Gasteiger partial charge in [0.1, 0.15) is 0 Å². The minimum absolute atomic E-state index is 0.394. The van der Waals surface area contributed by atoms with Gasteiger partial charge >= 0.3 is 5.97 Å². The number of aryl methyl sites for hydroxylation is 1. The van der Waals surface area contributed by atoms with Crippen molar-refractivity contribution in [1.82, 2.24) is 5.32 Å². The van der Waals surface area contributed by atoms with Gasteiger partial charge in [-0.25, -0.2) is 4.79 Å². The van der Waals surface area contributed by atoms with Crippen LogP contribution in [-0.4, -0.2) is 17.6 Å². The Morgan fingerprint density at radius 1 is 1.60 bits per heavy atom. The van der Waals surface area contributed by atoms with E-state index in [0.29, 0.717) is 11.6 Å². The molecule has 0 amide bonds. The number of fused-ring (bicyclic) bond motifs is 1. The zero-order valence-electron chi connectivity index (χ0n) is 8.79. The van der Waals surface area contributed by atoms with Crippen LogP contribution in [0.4, 0.5) is 0 Å². The first-order chi connectivity index (χ1) is 7.22. The van der Waals surface area contributed by atoms with Crippen molar-refractivity contribution in [1.29, 1.82) is 0 Å². The summed E-state index contributed by atoms with van der Waals surface area (Å²) in [7, 11) is 0. The van der Waals surface area contributed by atoms with E-state index in [1.54, 1.807) is 12.1 Å². The van der Waals surface area contributed by atoms with Gasteiger partial charge in [-0.15, -0.1) is 0 Å². The molecule has 0 spiro atoms. The average Bonchev–Trinajstić information content (AvgIpc) is 2.61. The number of aromatic carboxylic acids is 1. The van der Waals surface area contributed by atoms with Gasteiger partial charge < -0.3 is 10.4 Å². The molecule has 0 fully saturated rings. The lowest BCUT2D eigenvalue weighted by Crippen LogP contribution is -2.18. The van der Waals surface area contributed by atoms with Gasteiger partial charge in [0.25, 0.3) is 0 Å². The topological polar surface area (TPSA) is 49.3 Å². The normalized spacial score (nSPS) is 18.9. The van der Waals surface area contributed by atoms with Crippen LogP contribution in [0.25, 0.3) is 0 Å². The Balaban J connectivity index is 2.29. The second-order valence-electron chi connectivity index (χ2n) is 3.87. The molecule has 1 aliphatic carbocycles. The average molecular weight is 205 g/mol. The molecule has 0 bridgehead atoms. The predicted molar refractivity (Wildman–Crippen MR) is 58.1 cm³/mol. The second kappa shape index (κ2) is 4.03. The standard InChI is InChI=1S/C12H15NO2/c1-2-13-11-6-4-8-7-9(12(14)15)3-5-10(8)11/h3,5,7,11,13H,2,4,6H2,1H3,(H,14,15). The van der Waals surface area contributed by atoms with Gasteiger partial charge in [-0.05, 0) is 42.6 Å². The Labute approximate surface area is 89.1 Å². The molecule has 0 saturated heterocycles. The highest BCUT2D eigenvalue weighted by atomic mass is 16.4. The second-order valence-corrected chi connectivity index (χ2v) is 3.87. The van der Waals surface area contributed by atoms with Crippen LogP contribution >= 0.6 is 0 Å². The van der Waals surface area contributed by atoms with Crippen molar-refractivity contribution in [2.45, 2.75) is 25.8 Å². The third-order valence-electron chi connectivity index (χ3n) is 2.92. The molecule has 2 N–H and O–H groups in total. The summed E-state index contributed by atoms with van der Waals surface area (Å²) in [6.07, 6.45) is 2.06. The van der Waals surface area contributed by atoms with Crippen molar-refractivity contribution >= 4 is 5.97 Å². The molecule has 1 atom stereocenters. The summed E-state index contributed by atoms with van der Waals surface area (Å²) in [5, 5.41) is 12.3. The fourth-order valence-corrected chi connectivity index (χ4v) is 2.21. The van der Waals surface area contributed by atoms with Gasteiger partial charge in [-0.2, -0.15) is 0 Å². The SMILES string of the molecule is CCNC1CCc2cc(C(=O)O)ccc21. The summed E-state index contributed by atoms with van der Waals surface area (Å²) in [5.41, 5.74) is 2.84. The minimum Gasteiger partial charge on any atom is -0.478 e. The Morgan fingerprint density at radius 2 is 2.40 bits per heavy atom. The monoisotopic (exact) mass is 205 g/mol. The van der Waals surface area contributed by atoms with Crippen molar-refractivity contribution in [2.24, 2.45) is 0 Å². The van der Waals surface area contributed by atoms with E-state index in [0.717, 1.165) is 19.4 Å². The zero-order chi connectivity index (χ0) is 10.8. The molecule has 0 heterocycles. The number of hydrogen-bond acceptors (Lipinski definition) is 2. The van der Waals surface area contributed by atoms with E-state index in [1.807, 2.05) is 6.07 Å². The number of nitrogens with one attached hydrogen (secondary N) is 1. The predicted octanol–water partition coefficient (Wildman–Crippen LogP) is 1.98. The molecule has 0 aliphatic heterocycles. The van der Waals surface area contributed by atoms with Gasteiger partial charge in [0.2, 0.25) is 0 Å². The van der Waals surface area contributed by atoms with Crippen molar-refractivity contribution in [3.63, 3.8) is 0 Å². The number of hydrogen-bond donors (Lipinski definition) is 2. The maximum Gasteiger partial charge on any atom is 0.335 e. The van der Waals surface area contributed by atoms with E-state index in [1.165, 1.54) is 11.1 Å². The van der Waals surface area contributed by atoms with E-state index in [9.17, 15) is 4.79 Å². The molecule has 3 heteroatoms. The lowest BCUT2D eigenvalue weighted by Gasteiger charge is -2.12. The number of carboxylic acid groups (broad SMARTS) is 1. The Hall–Kier alpha value is -1.35. The van der Waals surface area contributed by atoms with Crippen LogP contribution in [0.2, 0.25) is 0 Å². The maximum atomic E-state index is 10.8. The first-order valence-electron chi connectivity index (χ1n) is 5.32. The lowest BCUT2D eigenvalue weighted by atomic mass is 10.0. The molecular weight excluding hydrogens is 190 g/mol. The molecule has 80 valence electrons. The van der Waals surface area contributed by atoms with E-state index in [4.69, 9.17) is 5.11 Å². The number of benzene rings is 1. The minimum atomic E-state index is -0.843. The largest absolute Gasteiger partial charge is 0.478 e. The van der Waals surface area contributed by atoms with Crippen LogP contribution in [0.5, 0.6) is 0 Å².